The molecule has 1 amide bonds. The van der Waals surface area contributed by atoms with Crippen LogP contribution in [0.25, 0.3) is 10.6 Å². The van der Waals surface area contributed by atoms with Gasteiger partial charge in [-0.3, -0.25) is 14.5 Å². The van der Waals surface area contributed by atoms with E-state index >= 15 is 0 Å². The highest BCUT2D eigenvalue weighted by atomic mass is 32.1. The maximum absolute atomic E-state index is 12.4. The molecule has 1 unspecified atom stereocenters. The maximum Gasteiger partial charge on any atom is 0.573 e. The molecule has 0 saturated carbocycles. The van der Waals surface area contributed by atoms with Crippen molar-refractivity contribution < 1.29 is 37.0 Å². The Bertz CT molecular complexity index is 1250. The smallest absolute Gasteiger partial charge is 0.488 e. The molecule has 0 aliphatic rings. The van der Waals surface area contributed by atoms with E-state index < -0.39 is 12.4 Å². The lowest BCUT2D eigenvalue weighted by Crippen LogP contribution is -2.34. The van der Waals surface area contributed by atoms with Crippen molar-refractivity contribution in [2.75, 3.05) is 14.1 Å². The SMILES string of the molecule is CNC(=O)CCC(C=O)N(C)Cc1c(C=O)cccc1OCc1cnc(-c2ccc(OC(F)(F)F)cc2)s1. The molecule has 1 atom stereocenters. The molecule has 12 heteroatoms. The molecule has 0 spiro atoms. The van der Waals surface area contributed by atoms with Crippen LogP contribution in [0, 0.1) is 0 Å². The molecule has 0 saturated heterocycles. The molecule has 0 aliphatic heterocycles. The standard InChI is InChI=1S/C26H26F3N3O5S/c1-30-24(35)11-8-19(15-34)32(2)13-22-18(14-33)4-3-5-23(22)36-16-21-12-31-25(38-21)17-6-9-20(10-7-17)37-26(27,28)29/h3-7,9-10,12,14-15,19H,8,11,13,16H2,1-2H3,(H,30,35). The largest absolute Gasteiger partial charge is 0.573 e. The number of alkyl halides is 3. The van der Waals surface area contributed by atoms with Gasteiger partial charge in [0.1, 0.15) is 29.4 Å². The second-order valence-corrected chi connectivity index (χ2v) is 9.38. The summed E-state index contributed by atoms with van der Waals surface area (Å²) >= 11 is 1.31. The van der Waals surface area contributed by atoms with Gasteiger partial charge in [-0.15, -0.1) is 24.5 Å². The van der Waals surface area contributed by atoms with Gasteiger partial charge < -0.3 is 19.6 Å². The van der Waals surface area contributed by atoms with E-state index in [1.54, 1.807) is 36.3 Å². The lowest BCUT2D eigenvalue weighted by Gasteiger charge is -2.25. The van der Waals surface area contributed by atoms with Gasteiger partial charge in [0.2, 0.25) is 5.91 Å². The van der Waals surface area contributed by atoms with E-state index in [1.165, 1.54) is 42.6 Å². The number of carbonyl (C=O) groups excluding carboxylic acids is 3. The van der Waals surface area contributed by atoms with Crippen LogP contribution >= 0.6 is 11.3 Å². The molecule has 1 heterocycles. The molecule has 1 aromatic heterocycles. The van der Waals surface area contributed by atoms with Crippen LogP contribution in [-0.4, -0.2) is 54.9 Å². The van der Waals surface area contributed by atoms with Gasteiger partial charge in [-0.25, -0.2) is 4.98 Å². The Morgan fingerprint density at radius 2 is 1.92 bits per heavy atom. The summed E-state index contributed by atoms with van der Waals surface area (Å²) in [5.74, 6) is -0.0301. The Morgan fingerprint density at radius 3 is 2.55 bits per heavy atom. The van der Waals surface area contributed by atoms with Crippen LogP contribution in [0.15, 0.2) is 48.7 Å². The number of rotatable bonds is 13. The quantitative estimate of drug-likeness (QED) is 0.311. The molecule has 0 bridgehead atoms. The predicted octanol–water partition coefficient (Wildman–Crippen LogP) is 4.63. The van der Waals surface area contributed by atoms with E-state index in [1.807, 2.05) is 0 Å². The summed E-state index contributed by atoms with van der Waals surface area (Å²) in [6.45, 7) is 0.376. The number of amides is 1. The van der Waals surface area contributed by atoms with Crippen LogP contribution in [0.2, 0.25) is 0 Å². The van der Waals surface area contributed by atoms with E-state index in [4.69, 9.17) is 4.74 Å². The molecule has 8 nitrogen and oxygen atoms in total. The van der Waals surface area contributed by atoms with Crippen molar-refractivity contribution in [3.63, 3.8) is 0 Å². The third kappa shape index (κ3) is 8.12. The van der Waals surface area contributed by atoms with Gasteiger partial charge in [-0.2, -0.15) is 0 Å². The van der Waals surface area contributed by atoms with Crippen molar-refractivity contribution in [3.8, 4) is 22.1 Å². The number of hydrogen-bond acceptors (Lipinski definition) is 8. The van der Waals surface area contributed by atoms with Crippen LogP contribution in [0.1, 0.15) is 33.6 Å². The van der Waals surface area contributed by atoms with Gasteiger partial charge in [0.05, 0.1) is 10.9 Å². The second-order valence-electron chi connectivity index (χ2n) is 8.26. The number of aldehydes is 2. The van der Waals surface area contributed by atoms with Crippen molar-refractivity contribution in [3.05, 3.63) is 64.7 Å². The molecular formula is C26H26F3N3O5S. The number of nitrogens with one attached hydrogen (secondary N) is 1. The van der Waals surface area contributed by atoms with Gasteiger partial charge in [0.25, 0.3) is 0 Å². The van der Waals surface area contributed by atoms with Crippen LogP contribution in [0.5, 0.6) is 11.5 Å². The first kappa shape index (κ1) is 28.8. The topological polar surface area (TPSA) is 97.8 Å². The van der Waals surface area contributed by atoms with Crippen molar-refractivity contribution >= 4 is 29.8 Å². The third-order valence-electron chi connectivity index (χ3n) is 5.63. The van der Waals surface area contributed by atoms with Crippen LogP contribution in [0.4, 0.5) is 13.2 Å². The summed E-state index contributed by atoms with van der Waals surface area (Å²) in [5.41, 5.74) is 1.64. The number of nitrogens with zero attached hydrogens (tertiary/aromatic N) is 2. The summed E-state index contributed by atoms with van der Waals surface area (Å²) in [5, 5.41) is 3.12. The number of aromatic nitrogens is 1. The van der Waals surface area contributed by atoms with Crippen molar-refractivity contribution in [2.24, 2.45) is 0 Å². The fraction of sp³-hybridized carbons (Fsp3) is 0.308. The average molecular weight is 550 g/mol. The molecule has 0 fully saturated rings. The summed E-state index contributed by atoms with van der Waals surface area (Å²) in [7, 11) is 3.26. The number of likely N-dealkylation sites (N-methyl/N-ethyl adjacent to an activating group) is 1. The Kier molecular flexibility index (Phi) is 9.97. The first-order chi connectivity index (χ1) is 18.1. The zero-order chi connectivity index (χ0) is 27.7. The van der Waals surface area contributed by atoms with Gasteiger partial charge in [0.15, 0.2) is 6.29 Å². The summed E-state index contributed by atoms with van der Waals surface area (Å²) in [6, 6.07) is 9.94. The van der Waals surface area contributed by atoms with E-state index in [0.717, 1.165) is 11.2 Å². The lowest BCUT2D eigenvalue weighted by atomic mass is 10.0. The Morgan fingerprint density at radius 1 is 1.18 bits per heavy atom. The highest BCUT2D eigenvalue weighted by molar-refractivity contribution is 7.15. The van der Waals surface area contributed by atoms with E-state index in [-0.39, 0.29) is 31.2 Å². The first-order valence-electron chi connectivity index (χ1n) is 11.5. The Balaban J connectivity index is 1.69. The monoisotopic (exact) mass is 549 g/mol. The fourth-order valence-corrected chi connectivity index (χ4v) is 4.45. The lowest BCUT2D eigenvalue weighted by molar-refractivity contribution is -0.274. The molecule has 3 rings (SSSR count). The van der Waals surface area contributed by atoms with Crippen molar-refractivity contribution in [2.45, 2.75) is 38.4 Å². The fourth-order valence-electron chi connectivity index (χ4n) is 3.62. The number of thiazole rings is 1. The predicted molar refractivity (Wildman–Crippen MR) is 135 cm³/mol. The van der Waals surface area contributed by atoms with Gasteiger partial charge in [-0.1, -0.05) is 12.1 Å². The number of carbonyl (C=O) groups is 3. The van der Waals surface area contributed by atoms with Crippen LogP contribution in [0.3, 0.4) is 0 Å². The Hall–Kier alpha value is -3.77. The minimum absolute atomic E-state index is 0.139. The zero-order valence-electron chi connectivity index (χ0n) is 20.7. The second kappa shape index (κ2) is 13.2. The third-order valence-corrected chi connectivity index (χ3v) is 6.65. The Labute approximate surface area is 221 Å². The number of halogens is 3. The molecule has 0 aliphatic carbocycles. The number of benzene rings is 2. The minimum Gasteiger partial charge on any atom is -0.488 e. The van der Waals surface area contributed by atoms with E-state index in [9.17, 15) is 27.6 Å². The normalized spacial score (nSPS) is 12.2. The highest BCUT2D eigenvalue weighted by Crippen LogP contribution is 2.30. The van der Waals surface area contributed by atoms with E-state index in [0.29, 0.717) is 40.2 Å². The summed E-state index contributed by atoms with van der Waals surface area (Å²) in [6.07, 6.45) is -1.15. The minimum atomic E-state index is -4.76. The van der Waals surface area contributed by atoms with Gasteiger partial charge >= 0.3 is 6.36 Å². The zero-order valence-corrected chi connectivity index (χ0v) is 21.5. The molecular weight excluding hydrogens is 523 g/mol. The van der Waals surface area contributed by atoms with Crippen LogP contribution < -0.4 is 14.8 Å². The molecule has 202 valence electrons. The highest BCUT2D eigenvalue weighted by Gasteiger charge is 2.31. The molecule has 1 N–H and O–H groups in total. The van der Waals surface area contributed by atoms with Gasteiger partial charge in [0, 0.05) is 42.9 Å². The van der Waals surface area contributed by atoms with E-state index in [2.05, 4.69) is 15.0 Å². The molecule has 3 aromatic rings. The molecule has 2 aromatic carbocycles. The number of hydrogen-bond donors (Lipinski definition) is 1. The summed E-state index contributed by atoms with van der Waals surface area (Å²) in [4.78, 5) is 41.8. The van der Waals surface area contributed by atoms with Crippen molar-refractivity contribution in [1.82, 2.24) is 15.2 Å². The molecule has 38 heavy (non-hydrogen) atoms. The van der Waals surface area contributed by atoms with Crippen molar-refractivity contribution in [1.29, 1.82) is 0 Å². The maximum atomic E-state index is 12.4. The molecule has 0 radical (unpaired) electrons. The van der Waals surface area contributed by atoms with Crippen LogP contribution in [-0.2, 0) is 22.7 Å². The average Bonchev–Trinajstić information content (AvgIpc) is 3.36. The van der Waals surface area contributed by atoms with Gasteiger partial charge in [-0.05, 0) is 43.8 Å². The first-order valence-corrected chi connectivity index (χ1v) is 12.3. The summed E-state index contributed by atoms with van der Waals surface area (Å²) < 4.78 is 47.0. The number of ether oxygens (including phenoxy) is 2.